The summed E-state index contributed by atoms with van der Waals surface area (Å²) in [5, 5.41) is 8.34. The summed E-state index contributed by atoms with van der Waals surface area (Å²) in [7, 11) is -5.16. The summed E-state index contributed by atoms with van der Waals surface area (Å²) in [5.41, 5.74) is -1.74. The zero-order valence-electron chi connectivity index (χ0n) is 5.35. The SMILES string of the molecule is O=C(O)C1(OP(=O)([O-])[O-])CC1. The van der Waals surface area contributed by atoms with E-state index in [0.29, 0.717) is 0 Å². The van der Waals surface area contributed by atoms with Gasteiger partial charge < -0.3 is 24.0 Å². The molecule has 0 heterocycles. The van der Waals surface area contributed by atoms with E-state index in [1.165, 1.54) is 0 Å². The molecule has 0 aromatic rings. The van der Waals surface area contributed by atoms with Gasteiger partial charge in [-0.15, -0.1) is 0 Å². The first-order valence-electron chi connectivity index (χ1n) is 2.82. The molecular formula is C4H5O6P-2. The van der Waals surface area contributed by atoms with Crippen molar-refractivity contribution in [3.05, 3.63) is 0 Å². The van der Waals surface area contributed by atoms with Gasteiger partial charge in [0.25, 0.3) is 0 Å². The van der Waals surface area contributed by atoms with Crippen LogP contribution in [-0.2, 0) is 13.9 Å². The Balaban J connectivity index is 2.63. The van der Waals surface area contributed by atoms with E-state index in [1.807, 2.05) is 0 Å². The fourth-order valence-corrected chi connectivity index (χ4v) is 1.36. The zero-order valence-corrected chi connectivity index (χ0v) is 6.24. The topological polar surface area (TPSA) is 110 Å². The summed E-state index contributed by atoms with van der Waals surface area (Å²) in [6.07, 6.45) is 0.160. The number of rotatable bonds is 3. The van der Waals surface area contributed by atoms with E-state index in [9.17, 15) is 19.1 Å². The summed E-state index contributed by atoms with van der Waals surface area (Å²) in [6.45, 7) is 0. The maximum absolute atomic E-state index is 10.2. The van der Waals surface area contributed by atoms with Gasteiger partial charge in [0.2, 0.25) is 0 Å². The Labute approximate surface area is 62.0 Å². The second kappa shape index (κ2) is 2.28. The Morgan fingerprint density at radius 2 is 2.00 bits per heavy atom. The first-order chi connectivity index (χ1) is 4.86. The summed E-state index contributed by atoms with van der Waals surface area (Å²) >= 11 is 0. The Morgan fingerprint density at radius 1 is 1.55 bits per heavy atom. The summed E-state index contributed by atoms with van der Waals surface area (Å²) < 4.78 is 13.8. The average Bonchev–Trinajstić information content (AvgIpc) is 2.43. The number of hydrogen-bond donors (Lipinski definition) is 1. The molecule has 0 amide bonds. The molecule has 64 valence electrons. The van der Waals surface area contributed by atoms with Crippen LogP contribution in [0.2, 0.25) is 0 Å². The van der Waals surface area contributed by atoms with Crippen molar-refractivity contribution < 1.29 is 28.8 Å². The molecule has 0 aromatic heterocycles. The lowest BCUT2D eigenvalue weighted by atomic mass is 10.4. The predicted molar refractivity (Wildman–Crippen MR) is 28.3 cm³/mol. The Bertz CT molecular complexity index is 225. The minimum atomic E-state index is -5.16. The molecule has 1 N–H and O–H groups in total. The minimum absolute atomic E-state index is 0.0802. The summed E-state index contributed by atoms with van der Waals surface area (Å²) in [5.74, 6) is -1.40. The fraction of sp³-hybridized carbons (Fsp3) is 0.750. The monoisotopic (exact) mass is 180 g/mol. The van der Waals surface area contributed by atoms with E-state index < -0.39 is 19.4 Å². The highest BCUT2D eigenvalue weighted by molar-refractivity contribution is 7.43. The molecule has 1 fully saturated rings. The Kier molecular flexibility index (Phi) is 1.80. The quantitative estimate of drug-likeness (QED) is 0.526. The highest BCUT2D eigenvalue weighted by Gasteiger charge is 2.52. The number of phosphoric acid groups is 1. The molecule has 0 saturated heterocycles. The Hall–Kier alpha value is -0.420. The van der Waals surface area contributed by atoms with Crippen LogP contribution < -0.4 is 9.79 Å². The van der Waals surface area contributed by atoms with E-state index >= 15 is 0 Å². The van der Waals surface area contributed by atoms with Crippen LogP contribution in [-0.4, -0.2) is 16.7 Å². The van der Waals surface area contributed by atoms with Gasteiger partial charge in [0, 0.05) is 0 Å². The maximum Gasteiger partial charge on any atom is 0.336 e. The molecule has 0 atom stereocenters. The molecule has 0 radical (unpaired) electrons. The lowest BCUT2D eigenvalue weighted by Crippen LogP contribution is -2.30. The van der Waals surface area contributed by atoms with E-state index in [-0.39, 0.29) is 12.8 Å². The van der Waals surface area contributed by atoms with E-state index in [0.717, 1.165) is 0 Å². The van der Waals surface area contributed by atoms with E-state index in [2.05, 4.69) is 4.52 Å². The van der Waals surface area contributed by atoms with Gasteiger partial charge in [0.1, 0.15) is 0 Å². The molecule has 0 unspecified atom stereocenters. The fourth-order valence-electron chi connectivity index (χ4n) is 0.672. The molecule has 0 aliphatic heterocycles. The minimum Gasteiger partial charge on any atom is -0.790 e. The summed E-state index contributed by atoms with van der Waals surface area (Å²) in [4.78, 5) is 30.2. The lowest BCUT2D eigenvalue weighted by Gasteiger charge is -2.31. The second-order valence-corrected chi connectivity index (χ2v) is 3.41. The van der Waals surface area contributed by atoms with Gasteiger partial charge in [-0.05, 0) is 12.8 Å². The first-order valence-corrected chi connectivity index (χ1v) is 4.28. The zero-order chi connectivity index (χ0) is 8.70. The molecule has 1 aliphatic rings. The third kappa shape index (κ3) is 2.00. The van der Waals surface area contributed by atoms with Gasteiger partial charge in [-0.1, -0.05) is 0 Å². The highest BCUT2D eigenvalue weighted by Crippen LogP contribution is 2.48. The van der Waals surface area contributed by atoms with Crippen LogP contribution in [0.4, 0.5) is 0 Å². The summed E-state index contributed by atoms with van der Waals surface area (Å²) in [6, 6.07) is 0. The van der Waals surface area contributed by atoms with Crippen LogP contribution in [0.15, 0.2) is 0 Å². The molecule has 11 heavy (non-hydrogen) atoms. The van der Waals surface area contributed by atoms with Crippen molar-refractivity contribution in [2.24, 2.45) is 0 Å². The largest absolute Gasteiger partial charge is 0.790 e. The van der Waals surface area contributed by atoms with Gasteiger partial charge in [0.15, 0.2) is 5.60 Å². The first kappa shape index (κ1) is 8.67. The third-order valence-corrected chi connectivity index (χ3v) is 1.95. The molecule has 0 spiro atoms. The molecule has 0 aromatic carbocycles. The lowest BCUT2D eigenvalue weighted by molar-refractivity contribution is -0.345. The van der Waals surface area contributed by atoms with Crippen LogP contribution in [0.1, 0.15) is 12.8 Å². The number of aliphatic carboxylic acids is 1. The van der Waals surface area contributed by atoms with Crippen molar-refractivity contribution in [1.29, 1.82) is 0 Å². The van der Waals surface area contributed by atoms with Crippen LogP contribution in [0.25, 0.3) is 0 Å². The van der Waals surface area contributed by atoms with E-state index in [1.54, 1.807) is 0 Å². The smallest absolute Gasteiger partial charge is 0.336 e. The van der Waals surface area contributed by atoms with E-state index in [4.69, 9.17) is 5.11 Å². The van der Waals surface area contributed by atoms with Gasteiger partial charge in [-0.3, -0.25) is 0 Å². The van der Waals surface area contributed by atoms with Gasteiger partial charge in [-0.25, -0.2) is 4.79 Å². The normalized spacial score (nSPS) is 21.3. The molecule has 6 nitrogen and oxygen atoms in total. The van der Waals surface area contributed by atoms with Gasteiger partial charge in [0.05, 0.1) is 7.82 Å². The predicted octanol–water partition coefficient (Wildman–Crippen LogP) is -1.55. The number of hydrogen-bond acceptors (Lipinski definition) is 5. The van der Waals surface area contributed by atoms with Crippen LogP contribution in [0, 0.1) is 0 Å². The number of carboxylic acid groups (broad SMARTS) is 1. The Morgan fingerprint density at radius 3 is 2.09 bits per heavy atom. The number of carboxylic acids is 1. The van der Waals surface area contributed by atoms with Crippen LogP contribution >= 0.6 is 7.82 Å². The molecule has 0 bridgehead atoms. The molecule has 1 saturated carbocycles. The standard InChI is InChI=1S/C4H7O6P/c5-3(6)4(1-2-4)10-11(7,8)9/h1-2H2,(H,5,6)(H2,7,8,9)/p-2. The van der Waals surface area contributed by atoms with Crippen molar-refractivity contribution in [2.75, 3.05) is 0 Å². The molecule has 1 aliphatic carbocycles. The van der Waals surface area contributed by atoms with Crippen molar-refractivity contribution in [1.82, 2.24) is 0 Å². The van der Waals surface area contributed by atoms with Crippen LogP contribution in [0.5, 0.6) is 0 Å². The third-order valence-electron chi connectivity index (χ3n) is 1.38. The maximum atomic E-state index is 10.2. The van der Waals surface area contributed by atoms with Gasteiger partial charge in [-0.2, -0.15) is 0 Å². The molecule has 1 rings (SSSR count). The highest BCUT2D eigenvalue weighted by atomic mass is 31.2. The number of phosphoric ester groups is 1. The second-order valence-electron chi connectivity index (χ2n) is 2.34. The van der Waals surface area contributed by atoms with Crippen LogP contribution in [0.3, 0.4) is 0 Å². The van der Waals surface area contributed by atoms with Crippen molar-refractivity contribution in [2.45, 2.75) is 18.4 Å². The number of carbonyl (C=O) groups is 1. The average molecular weight is 180 g/mol. The van der Waals surface area contributed by atoms with Crippen molar-refractivity contribution >= 4 is 13.8 Å². The van der Waals surface area contributed by atoms with Crippen molar-refractivity contribution in [3.63, 3.8) is 0 Å². The molecule has 7 heteroatoms. The van der Waals surface area contributed by atoms with Crippen molar-refractivity contribution in [3.8, 4) is 0 Å². The molecular weight excluding hydrogens is 175 g/mol. The van der Waals surface area contributed by atoms with Gasteiger partial charge >= 0.3 is 5.97 Å².